The zero-order valence-corrected chi connectivity index (χ0v) is 14.1. The average Bonchev–Trinajstić information content (AvgIpc) is 3.06. The molecule has 1 saturated heterocycles. The highest BCUT2D eigenvalue weighted by Crippen LogP contribution is 2.37. The topological polar surface area (TPSA) is 63.1 Å². The van der Waals surface area contributed by atoms with Crippen molar-refractivity contribution in [2.45, 2.75) is 31.7 Å². The maximum absolute atomic E-state index is 12.8. The Kier molecular flexibility index (Phi) is 4.24. The van der Waals surface area contributed by atoms with Crippen LogP contribution in [0.5, 0.6) is 0 Å². The van der Waals surface area contributed by atoms with Crippen molar-refractivity contribution in [3.63, 3.8) is 0 Å². The molecule has 1 amide bonds. The summed E-state index contributed by atoms with van der Waals surface area (Å²) in [6.45, 7) is 2.05. The number of aromatic nitrogens is 3. The van der Waals surface area contributed by atoms with Gasteiger partial charge < -0.3 is 5.32 Å². The predicted molar refractivity (Wildman–Crippen MR) is 92.3 cm³/mol. The van der Waals surface area contributed by atoms with E-state index in [4.69, 9.17) is 11.6 Å². The van der Waals surface area contributed by atoms with E-state index < -0.39 is 0 Å². The Labute approximate surface area is 145 Å². The van der Waals surface area contributed by atoms with Crippen LogP contribution in [0.2, 0.25) is 5.02 Å². The molecule has 7 heteroatoms. The van der Waals surface area contributed by atoms with E-state index in [0.29, 0.717) is 22.4 Å². The van der Waals surface area contributed by atoms with Gasteiger partial charge in [-0.15, -0.1) is 0 Å². The summed E-state index contributed by atoms with van der Waals surface area (Å²) >= 11 is 6.14. The number of likely N-dealkylation sites (tertiary alicyclic amines) is 1. The summed E-state index contributed by atoms with van der Waals surface area (Å²) < 4.78 is 1.58. The highest BCUT2D eigenvalue weighted by Gasteiger charge is 2.40. The highest BCUT2D eigenvalue weighted by atomic mass is 35.5. The van der Waals surface area contributed by atoms with Gasteiger partial charge in [0.05, 0.1) is 29.1 Å². The third kappa shape index (κ3) is 3.16. The second-order valence-corrected chi connectivity index (χ2v) is 6.90. The fourth-order valence-electron chi connectivity index (χ4n) is 3.38. The summed E-state index contributed by atoms with van der Waals surface area (Å²) in [7, 11) is 0. The van der Waals surface area contributed by atoms with E-state index in [1.807, 2.05) is 0 Å². The van der Waals surface area contributed by atoms with Crippen molar-refractivity contribution in [3.05, 3.63) is 35.7 Å². The number of rotatable bonds is 5. The first kappa shape index (κ1) is 15.6. The van der Waals surface area contributed by atoms with E-state index >= 15 is 0 Å². The Bertz CT molecular complexity index is 736. The molecule has 1 atom stereocenters. The van der Waals surface area contributed by atoms with Crippen LogP contribution in [0, 0.1) is 5.92 Å². The quantitative estimate of drug-likeness (QED) is 0.905. The molecule has 2 aromatic heterocycles. The van der Waals surface area contributed by atoms with Gasteiger partial charge in [-0.2, -0.15) is 5.10 Å². The van der Waals surface area contributed by atoms with E-state index in [0.717, 1.165) is 25.9 Å². The van der Waals surface area contributed by atoms with Gasteiger partial charge in [0, 0.05) is 6.20 Å². The first-order valence-electron chi connectivity index (χ1n) is 8.43. The zero-order valence-electron chi connectivity index (χ0n) is 13.4. The van der Waals surface area contributed by atoms with Crippen molar-refractivity contribution in [2.75, 3.05) is 18.4 Å². The average molecular weight is 346 g/mol. The number of pyridine rings is 1. The summed E-state index contributed by atoms with van der Waals surface area (Å²) in [4.78, 5) is 19.3. The minimum absolute atomic E-state index is 0.00529. The van der Waals surface area contributed by atoms with E-state index in [-0.39, 0.29) is 11.9 Å². The number of hydrogen-bond donors (Lipinski definition) is 1. The standard InChI is InChI=1S/C17H20ClN5O/c18-14-4-3-7-19-16(14)23-11-13(10-20-23)21-17(24)15(12-5-6-12)22-8-1-2-9-22/h3-4,7,10-12,15H,1-2,5-6,8-9H2,(H,21,24). The van der Waals surface area contributed by atoms with E-state index in [1.165, 1.54) is 12.8 Å². The van der Waals surface area contributed by atoms with Crippen LogP contribution in [-0.4, -0.2) is 44.7 Å². The summed E-state index contributed by atoms with van der Waals surface area (Å²) in [6, 6.07) is 3.53. The lowest BCUT2D eigenvalue weighted by atomic mass is 10.1. The van der Waals surface area contributed by atoms with Crippen LogP contribution >= 0.6 is 11.6 Å². The van der Waals surface area contributed by atoms with Gasteiger partial charge in [0.25, 0.3) is 0 Å². The monoisotopic (exact) mass is 345 g/mol. The van der Waals surface area contributed by atoms with Crippen molar-refractivity contribution in [1.29, 1.82) is 0 Å². The van der Waals surface area contributed by atoms with Crippen molar-refractivity contribution >= 4 is 23.2 Å². The number of nitrogens with one attached hydrogen (secondary N) is 1. The van der Waals surface area contributed by atoms with Crippen LogP contribution in [0.4, 0.5) is 5.69 Å². The van der Waals surface area contributed by atoms with Crippen LogP contribution in [0.25, 0.3) is 5.82 Å². The number of carbonyl (C=O) groups excluding carboxylic acids is 1. The molecule has 1 aliphatic carbocycles. The highest BCUT2D eigenvalue weighted by molar-refractivity contribution is 6.32. The predicted octanol–water partition coefficient (Wildman–Crippen LogP) is 2.73. The van der Waals surface area contributed by atoms with E-state index in [9.17, 15) is 4.79 Å². The number of hydrogen-bond acceptors (Lipinski definition) is 4. The zero-order chi connectivity index (χ0) is 16.5. The molecule has 24 heavy (non-hydrogen) atoms. The van der Waals surface area contributed by atoms with Crippen LogP contribution in [-0.2, 0) is 4.79 Å². The SMILES string of the molecule is O=C(Nc1cnn(-c2ncccc2Cl)c1)C(C1CC1)N1CCCC1. The molecule has 6 nitrogen and oxygen atoms in total. The van der Waals surface area contributed by atoms with Gasteiger partial charge in [-0.25, -0.2) is 9.67 Å². The lowest BCUT2D eigenvalue weighted by Crippen LogP contribution is -2.44. The molecule has 2 aromatic rings. The molecule has 0 bridgehead atoms. The Morgan fingerprint density at radius 3 is 2.83 bits per heavy atom. The van der Waals surface area contributed by atoms with Crippen molar-refractivity contribution in [3.8, 4) is 5.82 Å². The Morgan fingerprint density at radius 2 is 2.12 bits per heavy atom. The summed E-state index contributed by atoms with van der Waals surface area (Å²) in [6.07, 6.45) is 9.72. The van der Waals surface area contributed by atoms with Crippen LogP contribution in [0.3, 0.4) is 0 Å². The maximum Gasteiger partial charge on any atom is 0.242 e. The molecule has 1 unspecified atom stereocenters. The molecule has 0 aromatic carbocycles. The molecule has 1 aliphatic heterocycles. The molecule has 1 N–H and O–H groups in total. The van der Waals surface area contributed by atoms with Gasteiger partial charge in [0.2, 0.25) is 5.91 Å². The lowest BCUT2D eigenvalue weighted by molar-refractivity contribution is -0.121. The van der Waals surface area contributed by atoms with Gasteiger partial charge in [-0.3, -0.25) is 9.69 Å². The second-order valence-electron chi connectivity index (χ2n) is 6.50. The smallest absolute Gasteiger partial charge is 0.242 e. The molecule has 3 heterocycles. The van der Waals surface area contributed by atoms with Crippen LogP contribution in [0.1, 0.15) is 25.7 Å². The lowest BCUT2D eigenvalue weighted by Gasteiger charge is -2.26. The Hall–Kier alpha value is -1.92. The number of amides is 1. The molecule has 2 aliphatic rings. The summed E-state index contributed by atoms with van der Waals surface area (Å²) in [5.74, 6) is 1.13. The van der Waals surface area contributed by atoms with Crippen molar-refractivity contribution in [1.82, 2.24) is 19.7 Å². The van der Waals surface area contributed by atoms with Crippen molar-refractivity contribution in [2.24, 2.45) is 5.92 Å². The normalized spacial score (nSPS) is 19.4. The molecule has 1 saturated carbocycles. The van der Waals surface area contributed by atoms with E-state index in [2.05, 4.69) is 20.3 Å². The Balaban J connectivity index is 1.49. The number of nitrogens with zero attached hydrogens (tertiary/aromatic N) is 4. The van der Waals surface area contributed by atoms with E-state index in [1.54, 1.807) is 35.4 Å². The molecular weight excluding hydrogens is 326 g/mol. The molecule has 4 rings (SSSR count). The molecule has 126 valence electrons. The minimum Gasteiger partial charge on any atom is -0.322 e. The van der Waals surface area contributed by atoms with Gasteiger partial charge in [0.15, 0.2) is 5.82 Å². The summed E-state index contributed by atoms with van der Waals surface area (Å²) in [5.41, 5.74) is 0.673. The molecule has 0 spiro atoms. The first-order valence-corrected chi connectivity index (χ1v) is 8.80. The Morgan fingerprint density at radius 1 is 1.33 bits per heavy atom. The fraction of sp³-hybridized carbons (Fsp3) is 0.471. The maximum atomic E-state index is 12.8. The van der Waals surface area contributed by atoms with Crippen LogP contribution in [0.15, 0.2) is 30.7 Å². The molecule has 2 fully saturated rings. The molecular formula is C17H20ClN5O. The van der Waals surface area contributed by atoms with Gasteiger partial charge in [0.1, 0.15) is 0 Å². The third-order valence-corrected chi connectivity index (χ3v) is 4.97. The minimum atomic E-state index is -0.00529. The number of halogens is 1. The molecule has 0 radical (unpaired) electrons. The van der Waals surface area contributed by atoms with Crippen molar-refractivity contribution < 1.29 is 4.79 Å². The fourth-order valence-corrected chi connectivity index (χ4v) is 3.58. The first-order chi connectivity index (χ1) is 11.7. The number of carbonyl (C=O) groups is 1. The largest absolute Gasteiger partial charge is 0.322 e. The van der Waals surface area contributed by atoms with Crippen LogP contribution < -0.4 is 5.32 Å². The van der Waals surface area contributed by atoms with Gasteiger partial charge in [-0.05, 0) is 56.8 Å². The third-order valence-electron chi connectivity index (χ3n) is 4.68. The van der Waals surface area contributed by atoms with Gasteiger partial charge in [-0.1, -0.05) is 11.6 Å². The summed E-state index contributed by atoms with van der Waals surface area (Å²) in [5, 5.41) is 7.79. The second kappa shape index (κ2) is 6.53. The number of anilines is 1. The van der Waals surface area contributed by atoms with Gasteiger partial charge >= 0.3 is 0 Å².